The monoisotopic (exact) mass is 212 g/mol. The summed E-state index contributed by atoms with van der Waals surface area (Å²) in [4.78, 5) is 14.5. The Morgan fingerprint density at radius 2 is 2.33 bits per heavy atom. The highest BCUT2D eigenvalue weighted by molar-refractivity contribution is 5.66. The summed E-state index contributed by atoms with van der Waals surface area (Å²) in [6, 6.07) is 0. The quantitative estimate of drug-likeness (QED) is 0.780. The number of nitrogens with zero attached hydrogens (tertiary/aromatic N) is 2. The molecule has 84 valence electrons. The maximum absolute atomic E-state index is 10.3. The molecule has 1 N–H and O–H groups in total. The van der Waals surface area contributed by atoms with Crippen LogP contribution in [0.15, 0.2) is 4.52 Å². The zero-order valence-corrected chi connectivity index (χ0v) is 9.06. The van der Waals surface area contributed by atoms with E-state index in [9.17, 15) is 4.79 Å². The standard InChI is InChI=1S/C10H16N2O3/c1-3-7(2)10-11-8(15-12-10)5-4-6-9(13)14/h7H,3-6H2,1-2H3,(H,13,14). The second-order valence-corrected chi connectivity index (χ2v) is 3.60. The second-order valence-electron chi connectivity index (χ2n) is 3.60. The minimum absolute atomic E-state index is 0.140. The van der Waals surface area contributed by atoms with Crippen molar-refractivity contribution in [3.05, 3.63) is 11.7 Å². The first-order valence-electron chi connectivity index (χ1n) is 5.17. The fraction of sp³-hybridized carbons (Fsp3) is 0.700. The average molecular weight is 212 g/mol. The summed E-state index contributed by atoms with van der Waals surface area (Å²) in [5.41, 5.74) is 0. The maximum Gasteiger partial charge on any atom is 0.303 e. The Morgan fingerprint density at radius 3 is 2.93 bits per heavy atom. The van der Waals surface area contributed by atoms with Crippen molar-refractivity contribution in [2.75, 3.05) is 0 Å². The first kappa shape index (κ1) is 11.7. The van der Waals surface area contributed by atoms with Gasteiger partial charge in [0.1, 0.15) is 0 Å². The molecule has 0 bridgehead atoms. The van der Waals surface area contributed by atoms with E-state index in [1.807, 2.05) is 6.92 Å². The predicted molar refractivity (Wildman–Crippen MR) is 53.6 cm³/mol. The van der Waals surface area contributed by atoms with Gasteiger partial charge in [0, 0.05) is 18.8 Å². The molecule has 0 fully saturated rings. The third-order valence-corrected chi connectivity index (χ3v) is 2.32. The number of carboxylic acids is 1. The topological polar surface area (TPSA) is 76.2 Å². The molecule has 1 aromatic heterocycles. The molecule has 1 atom stereocenters. The van der Waals surface area contributed by atoms with Gasteiger partial charge in [-0.2, -0.15) is 4.98 Å². The smallest absolute Gasteiger partial charge is 0.303 e. The van der Waals surface area contributed by atoms with E-state index in [1.54, 1.807) is 0 Å². The zero-order valence-electron chi connectivity index (χ0n) is 9.06. The van der Waals surface area contributed by atoms with Crippen LogP contribution in [0.3, 0.4) is 0 Å². The van der Waals surface area contributed by atoms with Gasteiger partial charge in [0.2, 0.25) is 5.89 Å². The Labute approximate surface area is 88.5 Å². The number of carbonyl (C=O) groups is 1. The summed E-state index contributed by atoms with van der Waals surface area (Å²) in [5, 5.41) is 12.3. The van der Waals surface area contributed by atoms with Crippen molar-refractivity contribution < 1.29 is 14.4 Å². The molecule has 0 saturated heterocycles. The van der Waals surface area contributed by atoms with Crippen molar-refractivity contribution >= 4 is 5.97 Å². The largest absolute Gasteiger partial charge is 0.481 e. The van der Waals surface area contributed by atoms with Gasteiger partial charge in [-0.25, -0.2) is 0 Å². The number of hydrogen-bond acceptors (Lipinski definition) is 4. The van der Waals surface area contributed by atoms with E-state index in [-0.39, 0.29) is 6.42 Å². The van der Waals surface area contributed by atoms with E-state index in [4.69, 9.17) is 9.63 Å². The van der Waals surface area contributed by atoms with Gasteiger partial charge in [0.25, 0.3) is 0 Å². The molecule has 5 nitrogen and oxygen atoms in total. The average Bonchev–Trinajstić information content (AvgIpc) is 2.65. The van der Waals surface area contributed by atoms with Crippen molar-refractivity contribution in [2.24, 2.45) is 0 Å². The van der Waals surface area contributed by atoms with Gasteiger partial charge in [0.05, 0.1) is 0 Å². The molecule has 0 saturated carbocycles. The van der Waals surface area contributed by atoms with Crippen LogP contribution in [-0.4, -0.2) is 21.2 Å². The van der Waals surface area contributed by atoms with Gasteiger partial charge in [-0.05, 0) is 12.8 Å². The van der Waals surface area contributed by atoms with Crippen LogP contribution in [0.5, 0.6) is 0 Å². The number of aromatic nitrogens is 2. The van der Waals surface area contributed by atoms with Crippen LogP contribution in [0, 0.1) is 0 Å². The lowest BCUT2D eigenvalue weighted by Gasteiger charge is -1.98. The summed E-state index contributed by atoms with van der Waals surface area (Å²) in [5.74, 6) is 0.744. The van der Waals surface area contributed by atoms with E-state index in [0.717, 1.165) is 6.42 Å². The zero-order chi connectivity index (χ0) is 11.3. The Morgan fingerprint density at radius 1 is 1.60 bits per heavy atom. The summed E-state index contributed by atoms with van der Waals surface area (Å²) in [6.07, 6.45) is 2.18. The van der Waals surface area contributed by atoms with E-state index in [1.165, 1.54) is 0 Å². The van der Waals surface area contributed by atoms with Crippen LogP contribution in [0.1, 0.15) is 50.7 Å². The lowest BCUT2D eigenvalue weighted by Crippen LogP contribution is -1.97. The van der Waals surface area contributed by atoms with E-state index < -0.39 is 5.97 Å². The maximum atomic E-state index is 10.3. The third kappa shape index (κ3) is 3.69. The van der Waals surface area contributed by atoms with Gasteiger partial charge >= 0.3 is 5.97 Å². The Bertz CT molecular complexity index is 322. The highest BCUT2D eigenvalue weighted by atomic mass is 16.5. The van der Waals surface area contributed by atoms with Gasteiger partial charge < -0.3 is 9.63 Å². The molecule has 15 heavy (non-hydrogen) atoms. The van der Waals surface area contributed by atoms with Crippen LogP contribution in [0.25, 0.3) is 0 Å². The third-order valence-electron chi connectivity index (χ3n) is 2.32. The first-order valence-corrected chi connectivity index (χ1v) is 5.17. The molecule has 1 aromatic rings. The molecule has 0 aliphatic carbocycles. The lowest BCUT2D eigenvalue weighted by molar-refractivity contribution is -0.137. The predicted octanol–water partition coefficient (Wildman–Crippen LogP) is 1.99. The molecule has 0 spiro atoms. The van der Waals surface area contributed by atoms with E-state index in [0.29, 0.717) is 30.5 Å². The van der Waals surface area contributed by atoms with Gasteiger partial charge in [-0.3, -0.25) is 4.79 Å². The normalized spacial score (nSPS) is 12.7. The summed E-state index contributed by atoms with van der Waals surface area (Å²) in [6.45, 7) is 4.09. The highest BCUT2D eigenvalue weighted by Crippen LogP contribution is 2.15. The molecule has 1 rings (SSSR count). The molecule has 0 radical (unpaired) electrons. The minimum Gasteiger partial charge on any atom is -0.481 e. The fourth-order valence-electron chi connectivity index (χ4n) is 1.14. The van der Waals surface area contributed by atoms with Gasteiger partial charge in [-0.15, -0.1) is 0 Å². The molecule has 0 aliphatic rings. The Balaban J connectivity index is 2.42. The van der Waals surface area contributed by atoms with E-state index >= 15 is 0 Å². The van der Waals surface area contributed by atoms with E-state index in [2.05, 4.69) is 17.1 Å². The number of aliphatic carboxylic acids is 1. The molecule has 0 aromatic carbocycles. The van der Waals surface area contributed by atoms with Gasteiger partial charge in [0.15, 0.2) is 5.82 Å². The summed E-state index contributed by atoms with van der Waals surface area (Å²) in [7, 11) is 0. The minimum atomic E-state index is -0.795. The summed E-state index contributed by atoms with van der Waals surface area (Å²) < 4.78 is 5.02. The lowest BCUT2D eigenvalue weighted by atomic mass is 10.1. The Kier molecular flexibility index (Phi) is 4.27. The molecular weight excluding hydrogens is 196 g/mol. The number of hydrogen-bond donors (Lipinski definition) is 1. The molecule has 0 amide bonds. The molecule has 1 unspecified atom stereocenters. The fourth-order valence-corrected chi connectivity index (χ4v) is 1.14. The van der Waals surface area contributed by atoms with Crippen LogP contribution in [-0.2, 0) is 11.2 Å². The number of carboxylic acid groups (broad SMARTS) is 1. The molecule has 0 aliphatic heterocycles. The SMILES string of the molecule is CCC(C)c1noc(CCCC(=O)O)n1. The van der Waals surface area contributed by atoms with Gasteiger partial charge in [-0.1, -0.05) is 19.0 Å². The highest BCUT2D eigenvalue weighted by Gasteiger charge is 2.11. The van der Waals surface area contributed by atoms with Crippen molar-refractivity contribution in [1.82, 2.24) is 10.1 Å². The molecule has 1 heterocycles. The van der Waals surface area contributed by atoms with Crippen molar-refractivity contribution in [1.29, 1.82) is 0 Å². The number of rotatable bonds is 6. The van der Waals surface area contributed by atoms with Crippen LogP contribution in [0.4, 0.5) is 0 Å². The van der Waals surface area contributed by atoms with Crippen molar-refractivity contribution in [2.45, 2.75) is 45.4 Å². The molecule has 5 heteroatoms. The van der Waals surface area contributed by atoms with Crippen molar-refractivity contribution in [3.8, 4) is 0 Å². The van der Waals surface area contributed by atoms with Crippen molar-refractivity contribution in [3.63, 3.8) is 0 Å². The van der Waals surface area contributed by atoms with Crippen LogP contribution < -0.4 is 0 Å². The van der Waals surface area contributed by atoms with Crippen LogP contribution in [0.2, 0.25) is 0 Å². The first-order chi connectivity index (χ1) is 7.13. The number of aryl methyl sites for hydroxylation is 1. The second kappa shape index (κ2) is 5.48. The summed E-state index contributed by atoms with van der Waals surface area (Å²) >= 11 is 0. The van der Waals surface area contributed by atoms with Crippen LogP contribution >= 0.6 is 0 Å². The Hall–Kier alpha value is -1.39. The molecular formula is C10H16N2O3.